The van der Waals surface area contributed by atoms with Gasteiger partial charge in [-0.15, -0.1) is 24.0 Å². The minimum atomic E-state index is -0.592. The molecule has 274 valence electrons. The van der Waals surface area contributed by atoms with Gasteiger partial charge in [-0.2, -0.15) is 10.5 Å². The second-order valence-electron chi connectivity index (χ2n) is 10.8. The molecule has 0 fully saturated rings. The largest absolute Gasteiger partial charge is 0.428 e. The molecule has 0 N–H and O–H groups in total. The van der Waals surface area contributed by atoms with E-state index in [1.54, 1.807) is 12.5 Å². The van der Waals surface area contributed by atoms with E-state index in [1.165, 1.54) is 18.2 Å². The Morgan fingerprint density at radius 2 is 0.735 bits per heavy atom. The van der Waals surface area contributed by atoms with Gasteiger partial charge in [0.15, 0.2) is 0 Å². The van der Waals surface area contributed by atoms with E-state index in [0.29, 0.717) is 58.5 Å². The second kappa shape index (κ2) is 35.2. The first-order valence-corrected chi connectivity index (χ1v) is 16.6. The van der Waals surface area contributed by atoms with Gasteiger partial charge in [0.2, 0.25) is 18.2 Å². The number of rotatable bonds is 28. The molecule has 0 spiro atoms. The molecule has 1 heterocycles. The van der Waals surface area contributed by atoms with Crippen LogP contribution in [0.2, 0.25) is 0 Å². The summed E-state index contributed by atoms with van der Waals surface area (Å²) in [6.07, 6.45) is 20.1. The first-order valence-electron chi connectivity index (χ1n) is 16.6. The molecule has 16 nitrogen and oxygen atoms in total. The van der Waals surface area contributed by atoms with Gasteiger partial charge in [0.25, 0.3) is 12.5 Å². The van der Waals surface area contributed by atoms with Crippen molar-refractivity contribution in [1.82, 2.24) is 13.7 Å². The van der Waals surface area contributed by atoms with Crippen LogP contribution < -0.4 is 17.1 Å². The van der Waals surface area contributed by atoms with Crippen molar-refractivity contribution in [3.05, 3.63) is 31.5 Å². The summed E-state index contributed by atoms with van der Waals surface area (Å²) in [6.45, 7) is 2.85. The fourth-order valence-electron chi connectivity index (χ4n) is 4.63. The topological polar surface area (TPSA) is 220 Å². The predicted molar refractivity (Wildman–Crippen MR) is 193 cm³/mol. The Labute approximate surface area is 305 Å². The van der Waals surface area contributed by atoms with Gasteiger partial charge < -0.3 is 9.47 Å². The smallest absolute Gasteiger partial charge is 0.336 e. The Balaban J connectivity index is -0.00000134. The fraction of sp³-hybridized carbons (Fsp3) is 0.750. The molecule has 0 atom stereocenters. The van der Waals surface area contributed by atoms with Crippen LogP contribution in [0.1, 0.15) is 104 Å². The highest BCUT2D eigenvalue weighted by Crippen LogP contribution is 2.04. The molecule has 0 saturated carbocycles. The molecule has 17 heteroatoms. The van der Waals surface area contributed by atoms with Crippen molar-refractivity contribution in [2.75, 3.05) is 32.8 Å². The van der Waals surface area contributed by atoms with E-state index in [2.05, 4.69) is 24.5 Å². The zero-order chi connectivity index (χ0) is 35.5. The number of hydrogen-bond acceptors (Lipinski definition) is 13. The Morgan fingerprint density at radius 3 is 1.00 bits per heavy atom. The van der Waals surface area contributed by atoms with Crippen LogP contribution in [0.25, 0.3) is 0 Å². The predicted octanol–water partition coefficient (Wildman–Crippen LogP) is 4.27. The third-order valence-electron chi connectivity index (χ3n) is 7.16. The lowest BCUT2D eigenvalue weighted by Crippen LogP contribution is -2.54. The molecule has 0 aliphatic heterocycles. The summed E-state index contributed by atoms with van der Waals surface area (Å²) in [7, 11) is 0. The van der Waals surface area contributed by atoms with E-state index >= 15 is 0 Å². The van der Waals surface area contributed by atoms with E-state index in [4.69, 9.17) is 10.5 Å². The Hall–Kier alpha value is -4.14. The molecule has 0 radical (unpaired) electrons. The SMILES string of the molecule is I.N#COCCCCCCN=C=O.N#COCCCCCCn1c(=O)n(CCCCCCN=C=O)c(=O)n(CCCCCCN=C=O)c1=O.[HH]. The van der Waals surface area contributed by atoms with Crippen LogP contribution in [0, 0.1) is 23.0 Å². The number of nitriles is 2. The average Bonchev–Trinajstić information content (AvgIpc) is 3.09. The van der Waals surface area contributed by atoms with Crippen molar-refractivity contribution in [2.24, 2.45) is 15.0 Å². The lowest BCUT2D eigenvalue weighted by Gasteiger charge is -2.14. The van der Waals surface area contributed by atoms with Crippen LogP contribution in [0.4, 0.5) is 0 Å². The lowest BCUT2D eigenvalue weighted by molar-refractivity contribution is 0.259. The maximum absolute atomic E-state index is 13.0. The normalized spacial score (nSPS) is 9.59. The summed E-state index contributed by atoms with van der Waals surface area (Å²) in [5.74, 6) is 0. The molecule has 1 rings (SSSR count). The summed E-state index contributed by atoms with van der Waals surface area (Å²) in [5.41, 5.74) is -1.77. The van der Waals surface area contributed by atoms with Crippen LogP contribution >= 0.6 is 24.0 Å². The van der Waals surface area contributed by atoms with E-state index in [-0.39, 0.29) is 45.0 Å². The molecule has 0 unspecified atom stereocenters. The number of hydrogen-bond donors (Lipinski definition) is 0. The maximum Gasteiger partial charge on any atom is 0.336 e. The number of ether oxygens (including phenoxy) is 2. The second-order valence-corrected chi connectivity index (χ2v) is 10.8. The monoisotopic (exact) mass is 802 g/mol. The molecule has 0 saturated heterocycles. The number of isocyanates is 3. The van der Waals surface area contributed by atoms with Crippen LogP contribution in [0.15, 0.2) is 29.4 Å². The Kier molecular flexibility index (Phi) is 33.7. The first-order chi connectivity index (χ1) is 23.5. The molecule has 0 bridgehead atoms. The Morgan fingerprint density at radius 1 is 0.469 bits per heavy atom. The van der Waals surface area contributed by atoms with Gasteiger partial charge in [0, 0.05) is 21.1 Å². The van der Waals surface area contributed by atoms with E-state index in [9.17, 15) is 28.8 Å². The molecule has 49 heavy (non-hydrogen) atoms. The summed E-state index contributed by atoms with van der Waals surface area (Å²) < 4.78 is 12.6. The maximum atomic E-state index is 13.0. The summed E-state index contributed by atoms with van der Waals surface area (Å²) in [5, 5.41) is 16.4. The number of aromatic nitrogens is 3. The zero-order valence-electron chi connectivity index (χ0n) is 28.2. The van der Waals surface area contributed by atoms with Crippen molar-refractivity contribution in [1.29, 1.82) is 10.5 Å². The first kappa shape index (κ1) is 47.0. The highest BCUT2D eigenvalue weighted by molar-refractivity contribution is 14.0. The molecule has 1 aromatic rings. The van der Waals surface area contributed by atoms with Crippen LogP contribution in [-0.4, -0.2) is 64.8 Å². The van der Waals surface area contributed by atoms with Crippen molar-refractivity contribution in [3.8, 4) is 12.5 Å². The number of aliphatic imine (C=N–C) groups is 3. The van der Waals surface area contributed by atoms with Crippen LogP contribution in [0.5, 0.6) is 0 Å². The standard InChI is InChI=1S/C24H36N6O6.C8H12N2O2.HI.H2/c25-19-36-18-12-6-5-11-17-30-23(34)28(15-9-3-1-7-13-26-20-31)22(33)29(24(30)35)16-10-4-2-8-14-27-21-32;9-7-12-6-4-2-1-3-5-10-8-11;;/h1-18H2;1-6H2;2*1H. The molecular weight excluding hydrogens is 751 g/mol. The highest BCUT2D eigenvalue weighted by Gasteiger charge is 2.15. The molecular formula is C32H51IN8O8. The lowest BCUT2D eigenvalue weighted by atomic mass is 10.2. The van der Waals surface area contributed by atoms with Gasteiger partial charge in [-0.3, -0.25) is 0 Å². The van der Waals surface area contributed by atoms with Gasteiger partial charge in [-0.1, -0.05) is 38.5 Å². The van der Waals surface area contributed by atoms with E-state index in [1.807, 2.05) is 0 Å². The van der Waals surface area contributed by atoms with Crippen molar-refractivity contribution in [3.63, 3.8) is 0 Å². The minimum absolute atomic E-state index is 0. The summed E-state index contributed by atoms with van der Waals surface area (Å²) >= 11 is 0. The van der Waals surface area contributed by atoms with E-state index < -0.39 is 17.1 Å². The highest BCUT2D eigenvalue weighted by atomic mass is 127. The molecule has 0 aromatic carbocycles. The van der Waals surface area contributed by atoms with Gasteiger partial charge >= 0.3 is 17.1 Å². The molecule has 1 aromatic heterocycles. The third-order valence-corrected chi connectivity index (χ3v) is 7.16. The van der Waals surface area contributed by atoms with Gasteiger partial charge in [0.05, 0.1) is 19.6 Å². The number of carbonyl (C=O) groups excluding carboxylic acids is 3. The fourth-order valence-corrected chi connectivity index (χ4v) is 4.63. The van der Waals surface area contributed by atoms with Gasteiger partial charge in [0.1, 0.15) is 13.2 Å². The van der Waals surface area contributed by atoms with E-state index in [0.717, 1.165) is 90.8 Å². The molecule has 0 amide bonds. The third kappa shape index (κ3) is 24.6. The van der Waals surface area contributed by atoms with Gasteiger partial charge in [-0.25, -0.2) is 57.4 Å². The number of halogens is 1. The van der Waals surface area contributed by atoms with Crippen molar-refractivity contribution >= 4 is 42.2 Å². The van der Waals surface area contributed by atoms with Crippen molar-refractivity contribution < 1.29 is 25.3 Å². The van der Waals surface area contributed by atoms with Crippen LogP contribution in [-0.2, 0) is 43.5 Å². The molecule has 0 aliphatic carbocycles. The molecule has 0 aliphatic rings. The number of unbranched alkanes of at least 4 members (excludes halogenated alkanes) is 12. The van der Waals surface area contributed by atoms with Crippen LogP contribution in [0.3, 0.4) is 0 Å². The van der Waals surface area contributed by atoms with Crippen molar-refractivity contribution in [2.45, 2.75) is 122 Å². The number of nitrogens with zero attached hydrogens (tertiary/aromatic N) is 8. The summed E-state index contributed by atoms with van der Waals surface area (Å²) in [4.78, 5) is 79.3. The average molecular weight is 803 g/mol. The quantitative estimate of drug-likeness (QED) is 0.0385. The Bertz CT molecular complexity index is 1370. The minimum Gasteiger partial charge on any atom is -0.428 e. The zero-order valence-corrected chi connectivity index (χ0v) is 30.6. The van der Waals surface area contributed by atoms with Gasteiger partial charge in [-0.05, 0) is 64.2 Å². The summed E-state index contributed by atoms with van der Waals surface area (Å²) in [6, 6.07) is 0.